The molecule has 2 N–H and O–H groups in total. The Morgan fingerprint density at radius 1 is 1.22 bits per heavy atom. The Kier molecular flexibility index (Phi) is 7.01. The first-order valence-corrected chi connectivity index (χ1v) is 11.9. The average molecular weight is 446 g/mol. The van der Waals surface area contributed by atoms with Gasteiger partial charge in [-0.1, -0.05) is 37.1 Å². The highest BCUT2D eigenvalue weighted by atomic mass is 127. The molecule has 0 spiro atoms. The van der Waals surface area contributed by atoms with Gasteiger partial charge in [0, 0.05) is 11.8 Å². The summed E-state index contributed by atoms with van der Waals surface area (Å²) in [6.45, 7) is 2.60. The first kappa shape index (κ1) is 18.8. The SMILES string of the molecule is CC(C)(O)O.IPn1cc(-c2cccc(C3CCCC3)c2)cn1. The summed E-state index contributed by atoms with van der Waals surface area (Å²) in [5, 5.41) is 20.5. The maximum atomic E-state index is 8.08. The highest BCUT2D eigenvalue weighted by Gasteiger charge is 2.17. The summed E-state index contributed by atoms with van der Waals surface area (Å²) in [4.78, 5) is 0. The molecule has 0 bridgehead atoms. The van der Waals surface area contributed by atoms with Crippen LogP contribution in [-0.4, -0.2) is 25.6 Å². The van der Waals surface area contributed by atoms with E-state index in [1.54, 1.807) is 0 Å². The summed E-state index contributed by atoms with van der Waals surface area (Å²) < 4.78 is 2.00. The van der Waals surface area contributed by atoms with Crippen molar-refractivity contribution >= 4 is 28.4 Å². The minimum absolute atomic E-state index is 0.674. The van der Waals surface area contributed by atoms with Gasteiger partial charge in [0.2, 0.25) is 0 Å². The fourth-order valence-electron chi connectivity index (χ4n) is 2.75. The summed E-state index contributed by atoms with van der Waals surface area (Å²) in [5.74, 6) is -0.716. The standard InChI is InChI=1S/C14H16IN2P.C3H8O2/c15-18-17-10-14(9-16-17)13-7-3-6-12(8-13)11-4-1-2-5-11;1-3(2,4)5/h3,6-11,18H,1-2,4-5H2;4-5H,1-2H3. The molecule has 1 aliphatic rings. The molecule has 1 heterocycles. The first-order valence-electron chi connectivity index (χ1n) is 7.83. The second-order valence-corrected chi connectivity index (χ2v) is 8.43. The molecule has 4 nitrogen and oxygen atoms in total. The second kappa shape index (κ2) is 8.56. The Balaban J connectivity index is 0.000000338. The number of aromatic nitrogens is 2. The van der Waals surface area contributed by atoms with Crippen molar-refractivity contribution in [3.63, 3.8) is 0 Å². The predicted octanol–water partition coefficient (Wildman–Crippen LogP) is 4.71. The molecule has 2 aromatic rings. The molecule has 6 heteroatoms. The number of benzene rings is 1. The molecule has 0 saturated heterocycles. The molecule has 1 aromatic heterocycles. The van der Waals surface area contributed by atoms with Crippen LogP contribution in [0.3, 0.4) is 0 Å². The Morgan fingerprint density at radius 2 is 1.87 bits per heavy atom. The first-order chi connectivity index (χ1) is 10.9. The third-order valence-corrected chi connectivity index (χ3v) is 5.62. The van der Waals surface area contributed by atoms with Gasteiger partial charge in [0.1, 0.15) is 0 Å². The highest BCUT2D eigenvalue weighted by Crippen LogP contribution is 2.35. The van der Waals surface area contributed by atoms with E-state index in [9.17, 15) is 0 Å². The van der Waals surface area contributed by atoms with Crippen LogP contribution in [0.1, 0.15) is 51.0 Å². The minimum atomic E-state index is -1.50. The molecule has 1 aromatic carbocycles. The molecular weight excluding hydrogens is 422 g/mol. The third kappa shape index (κ3) is 6.49. The normalized spacial score (nSPS) is 15.9. The Bertz CT molecular complexity index is 613. The van der Waals surface area contributed by atoms with Crippen LogP contribution in [0.5, 0.6) is 0 Å². The van der Waals surface area contributed by atoms with Crippen molar-refractivity contribution < 1.29 is 10.2 Å². The summed E-state index contributed by atoms with van der Waals surface area (Å²) in [5.41, 5.74) is 4.05. The molecule has 1 saturated carbocycles. The van der Waals surface area contributed by atoms with Gasteiger partial charge in [-0.25, -0.2) is 4.45 Å². The van der Waals surface area contributed by atoms with Crippen LogP contribution in [0.15, 0.2) is 36.7 Å². The molecule has 126 valence electrons. The van der Waals surface area contributed by atoms with Crippen molar-refractivity contribution in [3.05, 3.63) is 42.2 Å². The average Bonchev–Trinajstić information content (AvgIpc) is 3.17. The van der Waals surface area contributed by atoms with Crippen molar-refractivity contribution in [1.82, 2.24) is 9.55 Å². The summed E-state index contributed by atoms with van der Waals surface area (Å²) in [7, 11) is 0. The number of halogens is 1. The van der Waals surface area contributed by atoms with Crippen LogP contribution in [0, 0.1) is 0 Å². The highest BCUT2D eigenvalue weighted by molar-refractivity contribution is 14.2. The molecule has 0 amide bonds. The Morgan fingerprint density at radius 3 is 2.43 bits per heavy atom. The summed E-state index contributed by atoms with van der Waals surface area (Å²) >= 11 is 2.35. The van der Waals surface area contributed by atoms with Gasteiger partial charge in [-0.2, -0.15) is 5.10 Å². The zero-order valence-electron chi connectivity index (χ0n) is 13.5. The van der Waals surface area contributed by atoms with Crippen LogP contribution in [-0.2, 0) is 0 Å². The van der Waals surface area contributed by atoms with Gasteiger partial charge in [-0.3, -0.25) is 0 Å². The van der Waals surface area contributed by atoms with Gasteiger partial charge in [-0.15, -0.1) is 0 Å². The number of hydrogen-bond acceptors (Lipinski definition) is 3. The van der Waals surface area contributed by atoms with Gasteiger partial charge < -0.3 is 10.2 Å². The van der Waals surface area contributed by atoms with E-state index in [1.807, 2.05) is 10.6 Å². The van der Waals surface area contributed by atoms with Crippen LogP contribution in [0.2, 0.25) is 0 Å². The Labute approximate surface area is 152 Å². The van der Waals surface area contributed by atoms with Crippen molar-refractivity contribution in [2.75, 3.05) is 0 Å². The number of rotatable bonds is 3. The van der Waals surface area contributed by atoms with Crippen molar-refractivity contribution in [1.29, 1.82) is 0 Å². The van der Waals surface area contributed by atoms with Gasteiger partial charge >= 0.3 is 0 Å². The molecule has 1 fully saturated rings. The third-order valence-electron chi connectivity index (χ3n) is 3.72. The van der Waals surface area contributed by atoms with Gasteiger partial charge in [0.05, 0.1) is 12.6 Å². The molecule has 23 heavy (non-hydrogen) atoms. The lowest BCUT2D eigenvalue weighted by atomic mass is 9.95. The van der Waals surface area contributed by atoms with E-state index < -0.39 is 5.79 Å². The lowest BCUT2D eigenvalue weighted by Gasteiger charge is -2.10. The van der Waals surface area contributed by atoms with Crippen molar-refractivity contribution in [2.45, 2.75) is 51.2 Å². The fraction of sp³-hybridized carbons (Fsp3) is 0.471. The number of hydrogen-bond donors (Lipinski definition) is 2. The maximum Gasteiger partial charge on any atom is 0.156 e. The van der Waals surface area contributed by atoms with Crippen molar-refractivity contribution in [2.24, 2.45) is 0 Å². The molecule has 1 atom stereocenters. The minimum Gasteiger partial charge on any atom is -0.366 e. The van der Waals surface area contributed by atoms with E-state index in [1.165, 1.54) is 56.2 Å². The van der Waals surface area contributed by atoms with E-state index in [-0.39, 0.29) is 0 Å². The van der Waals surface area contributed by atoms with Gasteiger partial charge in [-0.05, 0) is 65.8 Å². The lowest BCUT2D eigenvalue weighted by Crippen LogP contribution is -2.15. The molecule has 1 aliphatic carbocycles. The van der Waals surface area contributed by atoms with Crippen LogP contribution in [0.4, 0.5) is 0 Å². The molecule has 1 unspecified atom stereocenters. The molecule has 3 rings (SSSR count). The second-order valence-electron chi connectivity index (χ2n) is 6.36. The summed E-state index contributed by atoms with van der Waals surface area (Å²) in [6.07, 6.45) is 10.3. The van der Waals surface area contributed by atoms with E-state index in [0.29, 0.717) is 6.37 Å². The number of nitrogens with zero attached hydrogens (tertiary/aromatic N) is 2. The van der Waals surface area contributed by atoms with Crippen LogP contribution >= 0.6 is 28.4 Å². The quantitative estimate of drug-likeness (QED) is 0.408. The topological polar surface area (TPSA) is 58.3 Å². The van der Waals surface area contributed by atoms with E-state index in [4.69, 9.17) is 10.2 Å². The summed E-state index contributed by atoms with van der Waals surface area (Å²) in [6, 6.07) is 9.01. The number of aliphatic hydroxyl groups is 2. The van der Waals surface area contributed by atoms with E-state index >= 15 is 0 Å². The van der Waals surface area contributed by atoms with E-state index in [0.717, 1.165) is 5.92 Å². The Hall–Kier alpha value is -0.490. The van der Waals surface area contributed by atoms with E-state index in [2.05, 4.69) is 57.6 Å². The van der Waals surface area contributed by atoms with Gasteiger partial charge in [0.15, 0.2) is 5.79 Å². The zero-order valence-corrected chi connectivity index (χ0v) is 16.7. The molecule has 0 aliphatic heterocycles. The maximum absolute atomic E-state index is 8.08. The van der Waals surface area contributed by atoms with Crippen molar-refractivity contribution in [3.8, 4) is 11.1 Å². The molecule has 0 radical (unpaired) electrons. The fourth-order valence-corrected chi connectivity index (χ4v) is 3.83. The monoisotopic (exact) mass is 446 g/mol. The zero-order chi connectivity index (χ0) is 16.9. The van der Waals surface area contributed by atoms with Crippen LogP contribution < -0.4 is 0 Å². The largest absolute Gasteiger partial charge is 0.366 e. The lowest BCUT2D eigenvalue weighted by molar-refractivity contribution is -0.127. The predicted molar refractivity (Wildman–Crippen MR) is 105 cm³/mol. The van der Waals surface area contributed by atoms with Gasteiger partial charge in [0.25, 0.3) is 0 Å². The molecular formula is C17H24IN2O2P. The smallest absolute Gasteiger partial charge is 0.156 e. The van der Waals surface area contributed by atoms with Crippen LogP contribution in [0.25, 0.3) is 11.1 Å².